The van der Waals surface area contributed by atoms with Gasteiger partial charge in [-0.2, -0.15) is 26.9 Å². The fraction of sp³-hybridized carbons (Fsp3) is 0.356. The average Bonchev–Trinajstić information content (AvgIpc) is 0.719. The quantitative estimate of drug-likeness (QED) is 0.00289. The number of carboxylic acids is 5. The maximum atomic E-state index is 13.9. The number of hydrazine groups is 1. The van der Waals surface area contributed by atoms with Gasteiger partial charge in [0.05, 0.1) is 76.5 Å². The molecule has 6 aromatic rings. The van der Waals surface area contributed by atoms with Crippen molar-refractivity contribution in [1.82, 2.24) is 63.7 Å². The standard InChI is InChI=1S/C73H84N16O29S2/c1-32(2)61(67(103)81-46(72(109)110)11-9-10-20-75-63(99)34-12-15-38(41(21-34)71(107)108)58-39-16-13-35(87(5)6)22-49(39)118-50-23-36(88(7)8)14-17-40(50)58)83-54(92)30-77-64(100)47(27-56(95)96)82-68(104)62(33(3)4)84-65(101)45(18-19-55(93)94)80-66(102)48(28-57(97)98)79-53(91)29-76-52(90)31-78-85-73(111)86-89-69(105)43-25-37(119(112,113)114)24-42-59(43)44(70(89)106)26-51(60(42)74)120(115,116)117/h12-17,21-26,31-33,45-48,61-62H,9-11,18-20,27-30H2,1-8H3,(H19-,74,75,76,77,79,80,81,82,83,84,85,86,90,91,92,93,94,95,96,97,98,99,100,101,102,103,104,105,106,107,108,109,110,111,112,113,114,115,116,117)/t45-,46-,47-,48-,61-,62-/m0/s1. The van der Waals surface area contributed by atoms with Crippen molar-refractivity contribution in [2.24, 2.45) is 16.9 Å². The van der Waals surface area contributed by atoms with Crippen LogP contribution < -0.4 is 79.3 Å². The summed E-state index contributed by atoms with van der Waals surface area (Å²) in [6, 6.07) is 4.22. The molecule has 120 heavy (non-hydrogen) atoms. The molecule has 47 heteroatoms. The van der Waals surface area contributed by atoms with Crippen molar-refractivity contribution in [3.63, 3.8) is 0 Å². The Hall–Kier alpha value is -14.1. The lowest BCUT2D eigenvalue weighted by atomic mass is 9.92. The topological polar surface area (TPSA) is 695 Å². The number of nitrogen functional groups attached to an aromatic ring is 1. The number of carbonyl (C=O) groups excluding carboxylic acids is 13. The van der Waals surface area contributed by atoms with Crippen LogP contribution in [0.1, 0.15) is 114 Å². The molecule has 0 saturated heterocycles. The minimum atomic E-state index is -5.27. The number of hydrogen-bond donors (Lipinski definition) is 18. The number of hydrogen-bond acceptors (Lipinski definition) is 26. The molecule has 6 atom stereocenters. The second-order valence-electron chi connectivity index (χ2n) is 28.1. The summed E-state index contributed by atoms with van der Waals surface area (Å²) in [4.78, 5) is 224. The lowest BCUT2D eigenvalue weighted by Crippen LogP contribution is -2.60. The number of urea groups is 1. The number of nitrogens with one attached hydrogen (secondary N) is 11. The molecule has 19 N–H and O–H groups in total. The number of hydrazone groups is 1. The van der Waals surface area contributed by atoms with Crippen LogP contribution in [0.5, 0.6) is 0 Å². The van der Waals surface area contributed by atoms with Gasteiger partial charge in [-0.25, -0.2) is 24.9 Å². The molecule has 1 aliphatic rings. The van der Waals surface area contributed by atoms with Gasteiger partial charge in [0.2, 0.25) is 41.4 Å². The van der Waals surface area contributed by atoms with Crippen LogP contribution in [0.3, 0.4) is 0 Å². The van der Waals surface area contributed by atoms with E-state index in [0.29, 0.717) is 45.7 Å². The summed E-state index contributed by atoms with van der Waals surface area (Å²) in [5, 5.41) is 75.0. The summed E-state index contributed by atoms with van der Waals surface area (Å²) in [6.07, 6.45) is -3.76. The Morgan fingerprint density at radius 3 is 1.61 bits per heavy atom. The number of aromatic carboxylic acids is 1. The Morgan fingerprint density at radius 1 is 0.558 bits per heavy atom. The van der Waals surface area contributed by atoms with E-state index in [2.05, 4.69) is 42.3 Å². The first-order valence-corrected chi connectivity index (χ1v) is 38.9. The summed E-state index contributed by atoms with van der Waals surface area (Å²) in [6.45, 7) is 3.51. The molecule has 2 heterocycles. The number of amides is 13. The molecule has 0 spiro atoms. The van der Waals surface area contributed by atoms with Crippen molar-refractivity contribution in [3.8, 4) is 11.1 Å². The molecular formula is C73H84N16O29S2. The number of carboxylic acid groups (broad SMARTS) is 5. The molecule has 13 amide bonds. The van der Waals surface area contributed by atoms with E-state index in [1.807, 2.05) is 85.0 Å². The van der Waals surface area contributed by atoms with Gasteiger partial charge < -0.3 is 93.7 Å². The highest BCUT2D eigenvalue weighted by Crippen LogP contribution is 2.42. The van der Waals surface area contributed by atoms with Crippen LogP contribution in [0.4, 0.5) is 21.9 Å². The second-order valence-corrected chi connectivity index (χ2v) is 30.9. The average molecular weight is 1710 g/mol. The summed E-state index contributed by atoms with van der Waals surface area (Å²) in [7, 11) is -3.04. The molecule has 0 radical (unpaired) electrons. The van der Waals surface area contributed by atoms with Gasteiger partial charge in [0.25, 0.3) is 43.9 Å². The van der Waals surface area contributed by atoms with Gasteiger partial charge in [-0.05, 0) is 97.7 Å². The van der Waals surface area contributed by atoms with Crippen molar-refractivity contribution in [2.75, 3.05) is 63.4 Å². The second kappa shape index (κ2) is 39.7. The molecule has 0 aliphatic carbocycles. The van der Waals surface area contributed by atoms with Gasteiger partial charge in [0.15, 0.2) is 0 Å². The Bertz CT molecular complexity index is 5380. The third kappa shape index (κ3) is 24.0. The number of benzene rings is 5. The highest BCUT2D eigenvalue weighted by atomic mass is 32.2. The van der Waals surface area contributed by atoms with Gasteiger partial charge in [-0.3, -0.25) is 76.2 Å². The maximum absolute atomic E-state index is 13.9. The molecule has 0 fully saturated rings. The number of unbranched alkanes of at least 4 members (excludes halogenated alkanes) is 1. The van der Waals surface area contributed by atoms with Crippen LogP contribution in [0.25, 0.3) is 43.8 Å². The lowest BCUT2D eigenvalue weighted by molar-refractivity contribution is -0.255. The molecule has 45 nitrogen and oxygen atoms in total. The molecule has 5 aromatic carbocycles. The Morgan fingerprint density at radius 2 is 1.08 bits per heavy atom. The van der Waals surface area contributed by atoms with Crippen LogP contribution >= 0.6 is 0 Å². The van der Waals surface area contributed by atoms with E-state index in [-0.39, 0.29) is 53.7 Å². The SMILES string of the molecule is CC(C)[C@H](NC(=O)CNC(=O)[C@H](CC(=O)O)NC(=O)[C@@H](NC(=O)[C@H](CCC(=O)O)NC(=O)[C@H](CC(=O)O)NC(=O)CNC(=O)/C=N\NC(=O)NN1C(=O)c2cc(S(=O)(=O)O)cc3c(N)c(S(=O)(=O)O)cc(c23)C1=O)C(C)C)C(=O)N[C@@H](CCCCNC(=O)c1ccc(-c2c3ccc(N(C)C)cc3[o+]c3cc(N(C)C)ccc23)c(C(=O)[O-])c1)C(=O)O. The predicted octanol–water partition coefficient (Wildman–Crippen LogP) is -1.99. The van der Waals surface area contributed by atoms with E-state index in [0.717, 1.165) is 11.4 Å². The predicted molar refractivity (Wildman–Crippen MR) is 418 cm³/mol. The first kappa shape index (κ1) is 93.1. The van der Waals surface area contributed by atoms with E-state index >= 15 is 0 Å². The lowest BCUT2D eigenvalue weighted by Gasteiger charge is -2.28. The summed E-state index contributed by atoms with van der Waals surface area (Å²) in [5.41, 5.74) is 9.86. The molecule has 0 unspecified atom stereocenters. The monoisotopic (exact) mass is 1710 g/mol. The molecule has 1 aliphatic heterocycles. The zero-order valence-electron chi connectivity index (χ0n) is 65.0. The number of rotatable bonds is 40. The van der Waals surface area contributed by atoms with Gasteiger partial charge in [0.1, 0.15) is 47.4 Å². The minimum Gasteiger partial charge on any atom is -0.545 e. The van der Waals surface area contributed by atoms with Crippen molar-refractivity contribution in [1.29, 1.82) is 0 Å². The first-order chi connectivity index (χ1) is 56.1. The van der Waals surface area contributed by atoms with Gasteiger partial charge in [0, 0.05) is 80.0 Å². The van der Waals surface area contributed by atoms with Gasteiger partial charge >= 0.3 is 41.1 Å². The van der Waals surface area contributed by atoms with E-state index in [4.69, 9.17) is 10.2 Å². The molecule has 1 aromatic heterocycles. The third-order valence-electron chi connectivity index (χ3n) is 18.2. The van der Waals surface area contributed by atoms with Crippen LogP contribution in [0, 0.1) is 11.8 Å². The number of imide groups is 1. The summed E-state index contributed by atoms with van der Waals surface area (Å²) >= 11 is 0. The van der Waals surface area contributed by atoms with Crippen molar-refractivity contribution in [3.05, 3.63) is 95.1 Å². The van der Waals surface area contributed by atoms with Crippen LogP contribution in [-0.2, 0) is 77.8 Å². The highest BCUT2D eigenvalue weighted by molar-refractivity contribution is 7.86. The van der Waals surface area contributed by atoms with Crippen LogP contribution in [0.15, 0.2) is 92.1 Å². The van der Waals surface area contributed by atoms with Crippen molar-refractivity contribution >= 4 is 177 Å². The normalized spacial score (nSPS) is 13.5. The maximum Gasteiger partial charge on any atom is 0.363 e. The Labute approximate surface area is 680 Å². The molecular weight excluding hydrogens is 1630 g/mol. The molecule has 7 rings (SSSR count). The van der Waals surface area contributed by atoms with Gasteiger partial charge in [-0.15, -0.1) is 0 Å². The van der Waals surface area contributed by atoms with E-state index in [1.54, 1.807) is 10.9 Å². The number of anilines is 3. The summed E-state index contributed by atoms with van der Waals surface area (Å²) in [5.74, 6) is -23.5. The largest absolute Gasteiger partial charge is 0.545 e. The first-order valence-electron chi connectivity index (χ1n) is 36.0. The zero-order chi connectivity index (χ0) is 89.4. The Balaban J connectivity index is 0.897. The van der Waals surface area contributed by atoms with E-state index in [1.165, 1.54) is 45.9 Å². The van der Waals surface area contributed by atoms with Crippen molar-refractivity contribution < 1.29 is 137 Å². The fourth-order valence-electron chi connectivity index (χ4n) is 12.2. The number of fused-ring (bicyclic) bond motifs is 2. The van der Waals surface area contributed by atoms with Crippen LogP contribution in [0.2, 0.25) is 0 Å². The Kier molecular flexibility index (Phi) is 30.8. The van der Waals surface area contributed by atoms with Gasteiger partial charge in [-0.1, -0.05) is 33.8 Å². The number of aliphatic carboxylic acids is 4. The smallest absolute Gasteiger partial charge is 0.363 e. The van der Waals surface area contributed by atoms with E-state index < -0.39 is 245 Å². The zero-order valence-corrected chi connectivity index (χ0v) is 66.6. The van der Waals surface area contributed by atoms with Crippen LogP contribution in [-0.4, -0.2) is 243 Å². The van der Waals surface area contributed by atoms with Crippen molar-refractivity contribution in [2.45, 2.75) is 119 Å². The molecule has 642 valence electrons. The number of nitrogens with zero attached hydrogens (tertiary/aromatic N) is 4. The third-order valence-corrected chi connectivity index (χ3v) is 19.9. The number of carbonyl (C=O) groups is 17. The fourth-order valence-corrected chi connectivity index (χ4v) is 13.3. The highest BCUT2D eigenvalue weighted by Gasteiger charge is 2.40. The molecule has 0 saturated carbocycles. The minimum absolute atomic E-state index is 0.0308. The number of nitrogens with two attached hydrogens (primary N) is 1. The van der Waals surface area contributed by atoms with E-state index in [9.17, 15) is 133 Å². The summed E-state index contributed by atoms with van der Waals surface area (Å²) < 4.78 is 74.4. The molecule has 0 bridgehead atoms.